The van der Waals surface area contributed by atoms with Crippen LogP contribution in [0.4, 0.5) is 5.95 Å². The van der Waals surface area contributed by atoms with Crippen LogP contribution in [0, 0.1) is 0 Å². The summed E-state index contributed by atoms with van der Waals surface area (Å²) in [5.74, 6) is 0.418. The maximum absolute atomic E-state index is 5.37. The number of anilines is 1. The van der Waals surface area contributed by atoms with Crippen molar-refractivity contribution in [1.29, 1.82) is 0 Å². The van der Waals surface area contributed by atoms with Gasteiger partial charge in [0.1, 0.15) is 5.01 Å². The summed E-state index contributed by atoms with van der Waals surface area (Å²) in [6.45, 7) is 2.19. The molecule has 1 aromatic heterocycles. The van der Waals surface area contributed by atoms with Crippen molar-refractivity contribution >= 4 is 17.5 Å². The second-order valence-corrected chi connectivity index (χ2v) is 3.34. The first kappa shape index (κ1) is 8.46. The number of hydrogen-bond acceptors (Lipinski definition) is 4. The van der Waals surface area contributed by atoms with Gasteiger partial charge in [-0.3, -0.25) is 0 Å². The van der Waals surface area contributed by atoms with E-state index in [9.17, 15) is 0 Å². The van der Waals surface area contributed by atoms with Crippen LogP contribution in [0.1, 0.15) is 31.2 Å². The summed E-state index contributed by atoms with van der Waals surface area (Å²) < 4.78 is 3.90. The fourth-order valence-electron chi connectivity index (χ4n) is 0.896. The quantitative estimate of drug-likeness (QED) is 0.703. The largest absolute Gasteiger partial charge is 0.367 e. The van der Waals surface area contributed by atoms with Crippen LogP contribution in [-0.4, -0.2) is 9.36 Å². The molecule has 0 spiro atoms. The molecule has 0 fully saturated rings. The normalized spacial score (nSPS) is 10.3. The second-order valence-electron chi connectivity index (χ2n) is 2.50. The predicted octanol–water partition coefficient (Wildman–Crippen LogP) is 1.85. The third-order valence-electron chi connectivity index (χ3n) is 1.48. The van der Waals surface area contributed by atoms with E-state index in [-0.39, 0.29) is 0 Å². The van der Waals surface area contributed by atoms with Crippen molar-refractivity contribution in [1.82, 2.24) is 9.36 Å². The summed E-state index contributed by atoms with van der Waals surface area (Å²) in [5.41, 5.74) is 5.37. The van der Waals surface area contributed by atoms with Gasteiger partial charge < -0.3 is 5.73 Å². The molecule has 3 nitrogen and oxygen atoms in total. The Morgan fingerprint density at radius 2 is 2.27 bits per heavy atom. The monoisotopic (exact) mass is 171 g/mol. The van der Waals surface area contributed by atoms with Gasteiger partial charge >= 0.3 is 0 Å². The van der Waals surface area contributed by atoms with Gasteiger partial charge in [0, 0.05) is 6.42 Å². The zero-order valence-electron chi connectivity index (χ0n) is 6.71. The van der Waals surface area contributed by atoms with Crippen LogP contribution in [-0.2, 0) is 6.42 Å². The Kier molecular flexibility index (Phi) is 3.29. The molecule has 0 aliphatic carbocycles. The Bertz CT molecular complexity index is 209. The lowest BCUT2D eigenvalue weighted by Gasteiger charge is -1.91. The predicted molar refractivity (Wildman–Crippen MR) is 47.6 cm³/mol. The van der Waals surface area contributed by atoms with Gasteiger partial charge in [-0.2, -0.15) is 4.37 Å². The smallest absolute Gasteiger partial charge is 0.232 e. The maximum atomic E-state index is 5.37. The molecule has 0 bridgehead atoms. The summed E-state index contributed by atoms with van der Waals surface area (Å²) in [7, 11) is 0. The van der Waals surface area contributed by atoms with E-state index in [1.54, 1.807) is 0 Å². The molecule has 0 aromatic carbocycles. The Morgan fingerprint density at radius 3 is 2.82 bits per heavy atom. The van der Waals surface area contributed by atoms with Gasteiger partial charge in [0.15, 0.2) is 0 Å². The van der Waals surface area contributed by atoms with Crippen molar-refractivity contribution < 1.29 is 0 Å². The molecule has 11 heavy (non-hydrogen) atoms. The van der Waals surface area contributed by atoms with Gasteiger partial charge in [-0.15, -0.1) is 0 Å². The molecule has 0 aliphatic heterocycles. The van der Waals surface area contributed by atoms with Gasteiger partial charge in [0.05, 0.1) is 0 Å². The van der Waals surface area contributed by atoms with Crippen LogP contribution in [0.25, 0.3) is 0 Å². The SMILES string of the molecule is CCCCCc1nc(N)ns1. The second kappa shape index (κ2) is 4.28. The van der Waals surface area contributed by atoms with E-state index in [1.165, 1.54) is 30.8 Å². The van der Waals surface area contributed by atoms with Crippen molar-refractivity contribution in [3.8, 4) is 0 Å². The van der Waals surface area contributed by atoms with Crippen LogP contribution in [0.3, 0.4) is 0 Å². The van der Waals surface area contributed by atoms with Gasteiger partial charge in [0.2, 0.25) is 5.95 Å². The minimum Gasteiger partial charge on any atom is -0.367 e. The Labute approximate surface area is 70.8 Å². The molecule has 2 N–H and O–H groups in total. The van der Waals surface area contributed by atoms with Crippen molar-refractivity contribution in [2.75, 3.05) is 5.73 Å². The Hall–Kier alpha value is -0.640. The van der Waals surface area contributed by atoms with Crippen molar-refractivity contribution in [3.05, 3.63) is 5.01 Å². The molecule has 0 unspecified atom stereocenters. The van der Waals surface area contributed by atoms with Crippen LogP contribution < -0.4 is 5.73 Å². The maximum Gasteiger partial charge on any atom is 0.232 e. The molecule has 0 amide bonds. The molecule has 0 saturated carbocycles. The number of nitrogen functional groups attached to an aromatic ring is 1. The molecule has 0 radical (unpaired) electrons. The number of nitrogens with two attached hydrogens (primary N) is 1. The summed E-state index contributed by atoms with van der Waals surface area (Å²) in [4.78, 5) is 4.07. The van der Waals surface area contributed by atoms with E-state index in [0.29, 0.717) is 5.95 Å². The highest BCUT2D eigenvalue weighted by molar-refractivity contribution is 7.05. The first-order chi connectivity index (χ1) is 5.33. The van der Waals surface area contributed by atoms with Gasteiger partial charge in [-0.05, 0) is 18.0 Å². The van der Waals surface area contributed by atoms with E-state index in [2.05, 4.69) is 16.3 Å². The summed E-state index contributed by atoms with van der Waals surface area (Å²) in [6, 6.07) is 0. The molecule has 0 aliphatic rings. The Balaban J connectivity index is 2.27. The van der Waals surface area contributed by atoms with E-state index >= 15 is 0 Å². The number of aromatic nitrogens is 2. The number of aryl methyl sites for hydroxylation is 1. The van der Waals surface area contributed by atoms with Gasteiger partial charge in [-0.1, -0.05) is 19.8 Å². The van der Waals surface area contributed by atoms with E-state index < -0.39 is 0 Å². The zero-order chi connectivity index (χ0) is 8.10. The van der Waals surface area contributed by atoms with Crippen molar-refractivity contribution in [2.45, 2.75) is 32.6 Å². The minimum atomic E-state index is 0.418. The molecule has 1 rings (SSSR count). The van der Waals surface area contributed by atoms with Crippen LogP contribution in [0.5, 0.6) is 0 Å². The van der Waals surface area contributed by atoms with Gasteiger partial charge in [0.25, 0.3) is 0 Å². The molecule has 4 heteroatoms. The van der Waals surface area contributed by atoms with Crippen LogP contribution in [0.15, 0.2) is 0 Å². The highest BCUT2D eigenvalue weighted by Crippen LogP contribution is 2.09. The lowest BCUT2D eigenvalue weighted by atomic mass is 10.2. The third kappa shape index (κ3) is 2.84. The lowest BCUT2D eigenvalue weighted by molar-refractivity contribution is 0.715. The first-order valence-electron chi connectivity index (χ1n) is 3.91. The number of unbranched alkanes of at least 4 members (excludes halogenated alkanes) is 2. The summed E-state index contributed by atoms with van der Waals surface area (Å²) in [5, 5.41) is 1.07. The molecule has 0 atom stereocenters. The lowest BCUT2D eigenvalue weighted by Crippen LogP contribution is -1.88. The third-order valence-corrected chi connectivity index (χ3v) is 2.26. The average molecular weight is 171 g/mol. The van der Waals surface area contributed by atoms with E-state index in [1.807, 2.05) is 0 Å². The molecule has 62 valence electrons. The molecule has 1 aromatic rings. The molecular formula is C7H13N3S. The number of hydrogen-bond donors (Lipinski definition) is 1. The first-order valence-corrected chi connectivity index (χ1v) is 4.68. The topological polar surface area (TPSA) is 51.8 Å². The van der Waals surface area contributed by atoms with Gasteiger partial charge in [-0.25, -0.2) is 4.98 Å². The number of rotatable bonds is 4. The van der Waals surface area contributed by atoms with Crippen molar-refractivity contribution in [3.63, 3.8) is 0 Å². The minimum absolute atomic E-state index is 0.418. The standard InChI is InChI=1S/C7H13N3S/c1-2-3-4-5-6-9-7(8)10-11-6/h2-5H2,1H3,(H2,8,10). The fourth-order valence-corrected chi connectivity index (χ4v) is 1.51. The molecule has 1 heterocycles. The molecular weight excluding hydrogens is 158 g/mol. The van der Waals surface area contributed by atoms with Crippen LogP contribution in [0.2, 0.25) is 0 Å². The summed E-state index contributed by atoms with van der Waals surface area (Å²) >= 11 is 1.41. The zero-order valence-corrected chi connectivity index (χ0v) is 7.52. The summed E-state index contributed by atoms with van der Waals surface area (Å²) in [6.07, 6.45) is 4.74. The molecule has 0 saturated heterocycles. The highest BCUT2D eigenvalue weighted by Gasteiger charge is 1.98. The van der Waals surface area contributed by atoms with E-state index in [4.69, 9.17) is 5.73 Å². The number of nitrogens with zero attached hydrogens (tertiary/aromatic N) is 2. The van der Waals surface area contributed by atoms with Crippen LogP contribution >= 0.6 is 11.5 Å². The Morgan fingerprint density at radius 1 is 1.45 bits per heavy atom. The highest BCUT2D eigenvalue weighted by atomic mass is 32.1. The van der Waals surface area contributed by atoms with Crippen molar-refractivity contribution in [2.24, 2.45) is 0 Å². The fraction of sp³-hybridized carbons (Fsp3) is 0.714. The average Bonchev–Trinajstić information content (AvgIpc) is 2.37. The van der Waals surface area contributed by atoms with E-state index in [0.717, 1.165) is 11.4 Å².